The number of ether oxygens (including phenoxy) is 1. The van der Waals surface area contributed by atoms with E-state index in [0.29, 0.717) is 19.3 Å². The molecule has 2 rings (SSSR count). The number of benzene rings is 1. The molecule has 1 aliphatic heterocycles. The zero-order valence-electron chi connectivity index (χ0n) is 8.60. The van der Waals surface area contributed by atoms with Crippen molar-refractivity contribution in [2.24, 2.45) is 0 Å². The van der Waals surface area contributed by atoms with Gasteiger partial charge >= 0.3 is 0 Å². The van der Waals surface area contributed by atoms with Gasteiger partial charge < -0.3 is 9.64 Å². The summed E-state index contributed by atoms with van der Waals surface area (Å²) >= 11 is 0. The highest BCUT2D eigenvalue weighted by molar-refractivity contribution is 5.13. The molecule has 0 radical (unpaired) electrons. The Bertz CT molecular complexity index is 344. The first-order valence-electron chi connectivity index (χ1n) is 5.18. The summed E-state index contributed by atoms with van der Waals surface area (Å²) < 4.78 is 5.56. The highest BCUT2D eigenvalue weighted by atomic mass is 16.5. The van der Waals surface area contributed by atoms with Crippen LogP contribution in [0.5, 0.6) is 0 Å². The number of likely N-dealkylation sites (tertiary alicyclic amines) is 1. The van der Waals surface area contributed by atoms with Crippen LogP contribution in [-0.2, 0) is 11.3 Å². The predicted molar refractivity (Wildman–Crippen MR) is 56.8 cm³/mol. The quantitative estimate of drug-likeness (QED) is 0.698. The average molecular weight is 202 g/mol. The van der Waals surface area contributed by atoms with Crippen LogP contribution in [0.25, 0.3) is 0 Å². The number of nitrogens with zero attached hydrogens (tertiary/aromatic N) is 2. The molecule has 3 nitrogen and oxygen atoms in total. The summed E-state index contributed by atoms with van der Waals surface area (Å²) in [7, 11) is 0. The molecule has 1 saturated heterocycles. The maximum Gasteiger partial charge on any atom is 0.179 e. The van der Waals surface area contributed by atoms with Gasteiger partial charge in [-0.2, -0.15) is 5.26 Å². The third-order valence-electron chi connectivity index (χ3n) is 2.69. The van der Waals surface area contributed by atoms with Crippen LogP contribution in [0.2, 0.25) is 0 Å². The zero-order chi connectivity index (χ0) is 10.5. The Morgan fingerprint density at radius 3 is 2.80 bits per heavy atom. The molecule has 0 unspecified atom stereocenters. The third-order valence-corrected chi connectivity index (χ3v) is 2.69. The highest BCUT2D eigenvalue weighted by Gasteiger charge is 2.26. The van der Waals surface area contributed by atoms with E-state index in [0.717, 1.165) is 13.0 Å². The molecule has 1 aliphatic rings. The van der Waals surface area contributed by atoms with Crippen molar-refractivity contribution < 1.29 is 4.74 Å². The Kier molecular flexibility index (Phi) is 3.21. The first kappa shape index (κ1) is 10.0. The van der Waals surface area contributed by atoms with Crippen LogP contribution in [0.15, 0.2) is 30.3 Å². The Labute approximate surface area is 89.9 Å². The Balaban J connectivity index is 1.70. The van der Waals surface area contributed by atoms with E-state index in [2.05, 4.69) is 6.19 Å². The molecule has 0 saturated carbocycles. The first-order valence-corrected chi connectivity index (χ1v) is 5.18. The first-order chi connectivity index (χ1) is 7.40. The van der Waals surface area contributed by atoms with Gasteiger partial charge in [-0.15, -0.1) is 0 Å². The lowest BCUT2D eigenvalue weighted by Gasteiger charge is -2.36. The van der Waals surface area contributed by atoms with E-state index in [1.807, 2.05) is 30.3 Å². The summed E-state index contributed by atoms with van der Waals surface area (Å²) in [6.45, 7) is 2.18. The summed E-state index contributed by atoms with van der Waals surface area (Å²) in [6, 6.07) is 10.4. The van der Waals surface area contributed by atoms with Gasteiger partial charge in [0.2, 0.25) is 0 Å². The van der Waals surface area contributed by atoms with Crippen LogP contribution < -0.4 is 0 Å². The van der Waals surface area contributed by atoms with Crippen LogP contribution in [0.1, 0.15) is 12.0 Å². The van der Waals surface area contributed by atoms with Crippen molar-refractivity contribution >= 4 is 0 Å². The van der Waals surface area contributed by atoms with E-state index >= 15 is 0 Å². The molecule has 0 amide bonds. The lowest BCUT2D eigenvalue weighted by atomic mass is 10.1. The molecule has 1 aromatic rings. The molecule has 0 N–H and O–H groups in total. The highest BCUT2D eigenvalue weighted by Crippen LogP contribution is 2.16. The van der Waals surface area contributed by atoms with Crippen molar-refractivity contribution in [1.29, 1.82) is 5.26 Å². The van der Waals surface area contributed by atoms with Gasteiger partial charge in [0.25, 0.3) is 0 Å². The molecule has 0 aromatic heterocycles. The molecule has 0 spiro atoms. The second-order valence-electron chi connectivity index (χ2n) is 3.74. The third kappa shape index (κ3) is 2.48. The van der Waals surface area contributed by atoms with E-state index in [9.17, 15) is 0 Å². The molecular weight excluding hydrogens is 188 g/mol. The van der Waals surface area contributed by atoms with Crippen molar-refractivity contribution in [3.63, 3.8) is 0 Å². The zero-order valence-corrected chi connectivity index (χ0v) is 8.60. The van der Waals surface area contributed by atoms with Gasteiger partial charge in [-0.05, 0) is 12.0 Å². The molecule has 78 valence electrons. The van der Waals surface area contributed by atoms with Crippen molar-refractivity contribution in [2.75, 3.05) is 13.2 Å². The van der Waals surface area contributed by atoms with E-state index in [-0.39, 0.29) is 0 Å². The van der Waals surface area contributed by atoms with Crippen molar-refractivity contribution in [3.8, 4) is 6.19 Å². The van der Waals surface area contributed by atoms with Crippen molar-refractivity contribution in [3.05, 3.63) is 35.9 Å². The second kappa shape index (κ2) is 4.81. The minimum absolute atomic E-state index is 0.304. The van der Waals surface area contributed by atoms with Gasteiger partial charge in [0.1, 0.15) is 0 Å². The summed E-state index contributed by atoms with van der Waals surface area (Å²) in [6.07, 6.45) is 3.23. The minimum Gasteiger partial charge on any atom is -0.375 e. The standard InChI is InChI=1S/C12H14N2O/c13-10-14-7-6-12(14)9-15-8-11-4-2-1-3-5-11/h1-5,12H,6-9H2/t12-/m0/s1. The summed E-state index contributed by atoms with van der Waals surface area (Å²) in [5, 5.41) is 8.69. The van der Waals surface area contributed by atoms with Gasteiger partial charge in [-0.3, -0.25) is 0 Å². The summed E-state index contributed by atoms with van der Waals surface area (Å²) in [5.74, 6) is 0. The van der Waals surface area contributed by atoms with Crippen molar-refractivity contribution in [1.82, 2.24) is 4.90 Å². The second-order valence-corrected chi connectivity index (χ2v) is 3.74. The maximum absolute atomic E-state index is 8.69. The number of nitriles is 1. The monoisotopic (exact) mass is 202 g/mol. The van der Waals surface area contributed by atoms with Crippen LogP contribution in [0.4, 0.5) is 0 Å². The van der Waals surface area contributed by atoms with Crippen LogP contribution in [0.3, 0.4) is 0 Å². The van der Waals surface area contributed by atoms with Crippen LogP contribution >= 0.6 is 0 Å². The normalized spacial score (nSPS) is 19.4. The van der Waals surface area contributed by atoms with Gasteiger partial charge in [-0.25, -0.2) is 0 Å². The van der Waals surface area contributed by atoms with Gasteiger partial charge in [0.05, 0.1) is 19.3 Å². The lowest BCUT2D eigenvalue weighted by Crippen LogP contribution is -2.46. The SMILES string of the molecule is N#CN1CC[C@H]1COCc1ccccc1. The van der Waals surface area contributed by atoms with E-state index in [1.54, 1.807) is 4.90 Å². The average Bonchev–Trinajstić information content (AvgIpc) is 2.25. The molecule has 1 heterocycles. The summed E-state index contributed by atoms with van der Waals surface area (Å²) in [5.41, 5.74) is 1.18. The lowest BCUT2D eigenvalue weighted by molar-refractivity contribution is 0.0299. The largest absolute Gasteiger partial charge is 0.375 e. The Morgan fingerprint density at radius 2 is 2.20 bits per heavy atom. The fourth-order valence-electron chi connectivity index (χ4n) is 1.63. The maximum atomic E-state index is 8.69. The van der Waals surface area contributed by atoms with Gasteiger partial charge in [-0.1, -0.05) is 30.3 Å². The fraction of sp³-hybridized carbons (Fsp3) is 0.417. The molecule has 0 bridgehead atoms. The molecule has 1 aromatic carbocycles. The number of hydrogen-bond donors (Lipinski definition) is 0. The van der Waals surface area contributed by atoms with E-state index in [4.69, 9.17) is 10.00 Å². The molecule has 1 fully saturated rings. The number of rotatable bonds is 4. The minimum atomic E-state index is 0.304. The Hall–Kier alpha value is -1.53. The van der Waals surface area contributed by atoms with E-state index < -0.39 is 0 Å². The summed E-state index contributed by atoms with van der Waals surface area (Å²) in [4.78, 5) is 1.77. The molecule has 15 heavy (non-hydrogen) atoms. The Morgan fingerprint density at radius 1 is 1.40 bits per heavy atom. The number of hydrogen-bond acceptors (Lipinski definition) is 3. The van der Waals surface area contributed by atoms with Gasteiger partial charge in [0, 0.05) is 6.54 Å². The van der Waals surface area contributed by atoms with Crippen LogP contribution in [-0.4, -0.2) is 24.1 Å². The molecule has 1 atom stereocenters. The van der Waals surface area contributed by atoms with Crippen LogP contribution in [0, 0.1) is 11.5 Å². The van der Waals surface area contributed by atoms with Crippen molar-refractivity contribution in [2.45, 2.75) is 19.1 Å². The smallest absolute Gasteiger partial charge is 0.179 e. The topological polar surface area (TPSA) is 36.3 Å². The molecule has 3 heteroatoms. The van der Waals surface area contributed by atoms with E-state index in [1.165, 1.54) is 5.56 Å². The predicted octanol–water partition coefficient (Wildman–Crippen LogP) is 1.76. The molecule has 0 aliphatic carbocycles. The fourth-order valence-corrected chi connectivity index (χ4v) is 1.63. The van der Waals surface area contributed by atoms with Gasteiger partial charge in [0.15, 0.2) is 6.19 Å². The molecular formula is C12H14N2O.